The molecule has 0 amide bonds. The zero-order chi connectivity index (χ0) is 19.4. The fraction of sp³-hybridized carbons (Fsp3) is 0.160. The highest BCUT2D eigenvalue weighted by Crippen LogP contribution is 2.48. The first-order valence-electron chi connectivity index (χ1n) is 9.38. The van der Waals surface area contributed by atoms with Crippen LogP contribution in [0.2, 0.25) is 0 Å². The van der Waals surface area contributed by atoms with Gasteiger partial charge in [-0.1, -0.05) is 84.9 Å². The number of benzene rings is 3. The summed E-state index contributed by atoms with van der Waals surface area (Å²) in [6, 6.07) is 25.9. The Bertz CT molecular complexity index is 993. The molecule has 3 nitrogen and oxygen atoms in total. The molecule has 1 aliphatic heterocycles. The highest BCUT2D eigenvalue weighted by atomic mass is 16.6. The van der Waals surface area contributed by atoms with E-state index in [1.807, 2.05) is 78.9 Å². The van der Waals surface area contributed by atoms with Gasteiger partial charge in [0.15, 0.2) is 11.5 Å². The first kappa shape index (κ1) is 18.1. The zero-order valence-corrected chi connectivity index (χ0v) is 15.8. The minimum absolute atomic E-state index is 0.228. The SMILES string of the molecule is COc1cccc2c1OC(=O)[C@@]2(C/C=C/c1ccccc1)Cc1ccccc1. The van der Waals surface area contributed by atoms with Crippen molar-refractivity contribution in [2.24, 2.45) is 0 Å². The molecule has 0 bridgehead atoms. The van der Waals surface area contributed by atoms with Crippen LogP contribution < -0.4 is 9.47 Å². The van der Waals surface area contributed by atoms with Gasteiger partial charge in [0.25, 0.3) is 0 Å². The van der Waals surface area contributed by atoms with Crippen LogP contribution in [0, 0.1) is 0 Å². The van der Waals surface area contributed by atoms with E-state index in [-0.39, 0.29) is 5.97 Å². The van der Waals surface area contributed by atoms with Gasteiger partial charge < -0.3 is 9.47 Å². The molecule has 0 radical (unpaired) electrons. The number of fused-ring (bicyclic) bond motifs is 1. The number of methoxy groups -OCH3 is 1. The lowest BCUT2D eigenvalue weighted by Crippen LogP contribution is -2.35. The molecule has 3 aromatic rings. The van der Waals surface area contributed by atoms with Gasteiger partial charge in [-0.2, -0.15) is 0 Å². The van der Waals surface area contributed by atoms with Crippen molar-refractivity contribution in [2.45, 2.75) is 18.3 Å². The molecule has 28 heavy (non-hydrogen) atoms. The molecule has 0 saturated heterocycles. The maximum Gasteiger partial charge on any atom is 0.322 e. The van der Waals surface area contributed by atoms with E-state index >= 15 is 0 Å². The van der Waals surface area contributed by atoms with Crippen LogP contribution in [0.15, 0.2) is 84.9 Å². The van der Waals surface area contributed by atoms with Crippen molar-refractivity contribution in [2.75, 3.05) is 7.11 Å². The highest BCUT2D eigenvalue weighted by Gasteiger charge is 2.49. The number of esters is 1. The molecule has 1 atom stereocenters. The molecule has 0 aromatic heterocycles. The van der Waals surface area contributed by atoms with E-state index in [4.69, 9.17) is 9.47 Å². The molecule has 140 valence electrons. The molecule has 0 unspecified atom stereocenters. The highest BCUT2D eigenvalue weighted by molar-refractivity contribution is 5.92. The summed E-state index contributed by atoms with van der Waals surface area (Å²) in [6.45, 7) is 0. The number of carbonyl (C=O) groups excluding carboxylic acids is 1. The fourth-order valence-electron chi connectivity index (χ4n) is 3.80. The van der Waals surface area contributed by atoms with E-state index in [9.17, 15) is 4.79 Å². The number of ether oxygens (including phenoxy) is 2. The summed E-state index contributed by atoms with van der Waals surface area (Å²) in [4.78, 5) is 13.2. The van der Waals surface area contributed by atoms with Crippen molar-refractivity contribution in [3.63, 3.8) is 0 Å². The molecule has 0 N–H and O–H groups in total. The lowest BCUT2D eigenvalue weighted by Gasteiger charge is -2.25. The van der Waals surface area contributed by atoms with Crippen LogP contribution in [0.5, 0.6) is 11.5 Å². The molecule has 0 saturated carbocycles. The van der Waals surface area contributed by atoms with E-state index in [2.05, 4.69) is 12.2 Å². The Morgan fingerprint density at radius 1 is 0.929 bits per heavy atom. The van der Waals surface area contributed by atoms with E-state index in [1.165, 1.54) is 0 Å². The molecule has 0 aliphatic carbocycles. The first-order valence-corrected chi connectivity index (χ1v) is 9.38. The summed E-state index contributed by atoms with van der Waals surface area (Å²) in [5, 5.41) is 0. The normalized spacial score (nSPS) is 18.1. The third kappa shape index (κ3) is 3.31. The van der Waals surface area contributed by atoms with Gasteiger partial charge in [-0.05, 0) is 30.0 Å². The molecule has 3 heteroatoms. The van der Waals surface area contributed by atoms with E-state index in [0.717, 1.165) is 16.7 Å². The van der Waals surface area contributed by atoms with E-state index in [1.54, 1.807) is 7.11 Å². The summed E-state index contributed by atoms with van der Waals surface area (Å²) in [5.41, 5.74) is 2.33. The number of hydrogen-bond donors (Lipinski definition) is 0. The average Bonchev–Trinajstić information content (AvgIpc) is 3.01. The third-order valence-electron chi connectivity index (χ3n) is 5.22. The number of para-hydroxylation sites is 1. The average molecular weight is 370 g/mol. The first-order chi connectivity index (χ1) is 13.7. The molecule has 0 spiro atoms. The lowest BCUT2D eigenvalue weighted by atomic mass is 9.74. The Kier molecular flexibility index (Phi) is 4.98. The molecule has 1 aliphatic rings. The van der Waals surface area contributed by atoms with Crippen LogP contribution in [-0.2, 0) is 16.6 Å². The predicted octanol–water partition coefficient (Wildman–Crippen LogP) is 5.20. The van der Waals surface area contributed by atoms with Crippen molar-refractivity contribution in [1.29, 1.82) is 0 Å². The molecule has 3 aromatic carbocycles. The summed E-state index contributed by atoms with van der Waals surface area (Å²) in [7, 11) is 1.59. The summed E-state index contributed by atoms with van der Waals surface area (Å²) >= 11 is 0. The summed E-state index contributed by atoms with van der Waals surface area (Å²) in [5.74, 6) is 0.903. The number of hydrogen-bond acceptors (Lipinski definition) is 3. The molecule has 4 rings (SSSR count). The second-order valence-electron chi connectivity index (χ2n) is 6.99. The van der Waals surface area contributed by atoms with Crippen molar-refractivity contribution in [1.82, 2.24) is 0 Å². The van der Waals surface area contributed by atoms with Gasteiger partial charge in [0, 0.05) is 5.56 Å². The number of carbonyl (C=O) groups is 1. The Morgan fingerprint density at radius 2 is 1.64 bits per heavy atom. The van der Waals surface area contributed by atoms with Crippen LogP contribution in [0.3, 0.4) is 0 Å². The Balaban J connectivity index is 1.75. The van der Waals surface area contributed by atoms with Crippen molar-refractivity contribution >= 4 is 12.0 Å². The Hall–Kier alpha value is -3.33. The Labute approximate surface area is 165 Å². The molecule has 0 fully saturated rings. The molecular weight excluding hydrogens is 348 g/mol. The van der Waals surface area contributed by atoms with Gasteiger partial charge in [-0.3, -0.25) is 4.79 Å². The van der Waals surface area contributed by atoms with Crippen LogP contribution in [0.4, 0.5) is 0 Å². The summed E-state index contributed by atoms with van der Waals surface area (Å²) < 4.78 is 11.1. The zero-order valence-electron chi connectivity index (χ0n) is 15.8. The van der Waals surface area contributed by atoms with Crippen LogP contribution in [0.25, 0.3) is 6.08 Å². The monoisotopic (exact) mass is 370 g/mol. The quantitative estimate of drug-likeness (QED) is 0.442. The second kappa shape index (κ2) is 7.73. The summed E-state index contributed by atoms with van der Waals surface area (Å²) in [6.07, 6.45) is 5.24. The van der Waals surface area contributed by atoms with E-state index in [0.29, 0.717) is 24.3 Å². The smallest absolute Gasteiger partial charge is 0.322 e. The van der Waals surface area contributed by atoms with Crippen LogP contribution in [0.1, 0.15) is 23.1 Å². The van der Waals surface area contributed by atoms with Crippen LogP contribution >= 0.6 is 0 Å². The van der Waals surface area contributed by atoms with Crippen molar-refractivity contribution < 1.29 is 14.3 Å². The van der Waals surface area contributed by atoms with Gasteiger partial charge in [-0.15, -0.1) is 0 Å². The largest absolute Gasteiger partial charge is 0.493 e. The molecule has 1 heterocycles. The van der Waals surface area contributed by atoms with Gasteiger partial charge in [0.05, 0.1) is 7.11 Å². The van der Waals surface area contributed by atoms with Gasteiger partial charge in [0.1, 0.15) is 5.41 Å². The number of rotatable bonds is 6. The maximum absolute atomic E-state index is 13.2. The topological polar surface area (TPSA) is 35.5 Å². The number of allylic oxidation sites excluding steroid dienone is 1. The van der Waals surface area contributed by atoms with E-state index < -0.39 is 5.41 Å². The maximum atomic E-state index is 13.2. The van der Waals surface area contributed by atoms with Crippen molar-refractivity contribution in [3.8, 4) is 11.5 Å². The van der Waals surface area contributed by atoms with Crippen molar-refractivity contribution in [3.05, 3.63) is 102 Å². The van der Waals surface area contributed by atoms with Gasteiger partial charge >= 0.3 is 5.97 Å². The lowest BCUT2D eigenvalue weighted by molar-refractivity contribution is -0.138. The van der Waals surface area contributed by atoms with Crippen LogP contribution in [-0.4, -0.2) is 13.1 Å². The Morgan fingerprint density at radius 3 is 2.36 bits per heavy atom. The standard InChI is InChI=1S/C25H22O3/c1-27-22-16-8-15-21-23(22)28-24(26)25(21,18-20-12-6-3-7-13-20)17-9-14-19-10-4-2-5-11-19/h2-16H,17-18H2,1H3/b14-9+/t25-/m0/s1. The second-order valence-corrected chi connectivity index (χ2v) is 6.99. The predicted molar refractivity (Wildman–Crippen MR) is 111 cm³/mol. The van der Waals surface area contributed by atoms with Gasteiger partial charge in [0.2, 0.25) is 0 Å². The fourth-order valence-corrected chi connectivity index (χ4v) is 3.80. The molecular formula is C25H22O3. The third-order valence-corrected chi connectivity index (χ3v) is 5.22. The minimum atomic E-state index is -0.767. The van der Waals surface area contributed by atoms with Gasteiger partial charge in [-0.25, -0.2) is 0 Å². The minimum Gasteiger partial charge on any atom is -0.493 e.